The molecule has 0 spiro atoms. The van der Waals surface area contributed by atoms with E-state index in [9.17, 15) is 0 Å². The normalized spacial score (nSPS) is 11.9. The van der Waals surface area contributed by atoms with Crippen LogP contribution in [0.4, 0.5) is 0 Å². The summed E-state index contributed by atoms with van der Waals surface area (Å²) >= 11 is 0. The minimum Gasteiger partial charge on any atom is -0.309 e. The van der Waals surface area contributed by atoms with E-state index in [4.69, 9.17) is 0 Å². The Morgan fingerprint density at radius 1 is 0.357 bits per heavy atom. The van der Waals surface area contributed by atoms with Crippen molar-refractivity contribution in [3.8, 4) is 22.3 Å². The van der Waals surface area contributed by atoms with Gasteiger partial charge in [0.15, 0.2) is 7.14 Å². The summed E-state index contributed by atoms with van der Waals surface area (Å²) in [5.41, 5.74) is 4.69. The molecule has 8 aromatic rings. The lowest BCUT2D eigenvalue weighted by molar-refractivity contribution is 0.592. The summed E-state index contributed by atoms with van der Waals surface area (Å²) in [6, 6.07) is 56.7. The third kappa shape index (κ3) is 3.82. The molecule has 0 unspecified atom stereocenters. The van der Waals surface area contributed by atoms with E-state index < -0.39 is 7.14 Å². The Bertz CT molecular complexity index is 2210. The fourth-order valence-electron chi connectivity index (χ4n) is 6.51. The van der Waals surface area contributed by atoms with E-state index in [1.807, 2.05) is 66.7 Å². The second kappa shape index (κ2) is 9.84. The van der Waals surface area contributed by atoms with Crippen molar-refractivity contribution in [1.82, 2.24) is 0 Å². The molecule has 0 saturated heterocycles. The average Bonchev–Trinajstić information content (AvgIpc) is 3.08. The molecule has 198 valence electrons. The Balaban J connectivity index is 1.36. The van der Waals surface area contributed by atoms with Gasteiger partial charge in [0.2, 0.25) is 0 Å². The van der Waals surface area contributed by atoms with E-state index in [-0.39, 0.29) is 0 Å². The van der Waals surface area contributed by atoms with Gasteiger partial charge in [-0.1, -0.05) is 158 Å². The van der Waals surface area contributed by atoms with Crippen LogP contribution < -0.4 is 15.9 Å². The van der Waals surface area contributed by atoms with Crippen molar-refractivity contribution in [3.05, 3.63) is 164 Å². The topological polar surface area (TPSA) is 17.1 Å². The van der Waals surface area contributed by atoms with Crippen molar-refractivity contribution in [2.75, 3.05) is 0 Å². The van der Waals surface area contributed by atoms with Gasteiger partial charge in [-0.25, -0.2) is 0 Å². The zero-order valence-electron chi connectivity index (χ0n) is 22.9. The van der Waals surface area contributed by atoms with E-state index >= 15 is 4.57 Å². The maximum absolute atomic E-state index is 15.1. The van der Waals surface area contributed by atoms with Crippen LogP contribution in [0.1, 0.15) is 0 Å². The highest BCUT2D eigenvalue weighted by atomic mass is 31.2. The maximum atomic E-state index is 15.1. The van der Waals surface area contributed by atoms with Crippen LogP contribution in [-0.2, 0) is 4.57 Å². The molecule has 0 saturated carbocycles. The minimum absolute atomic E-state index is 0.842. The first-order chi connectivity index (χ1) is 20.7. The van der Waals surface area contributed by atoms with Gasteiger partial charge < -0.3 is 4.57 Å². The molecule has 0 fully saturated rings. The van der Waals surface area contributed by atoms with E-state index in [2.05, 4.69) is 97.1 Å². The first-order valence-corrected chi connectivity index (χ1v) is 16.0. The monoisotopic (exact) mass is 554 g/mol. The Labute approximate surface area is 245 Å². The number of hydrogen-bond acceptors (Lipinski definition) is 1. The summed E-state index contributed by atoms with van der Waals surface area (Å²) in [6.07, 6.45) is 0. The van der Waals surface area contributed by atoms with Gasteiger partial charge in [-0.05, 0) is 60.6 Å². The second-order valence-corrected chi connectivity index (χ2v) is 13.6. The molecule has 0 aliphatic carbocycles. The summed E-state index contributed by atoms with van der Waals surface area (Å²) in [7, 11) is -3.08. The molecule has 1 nitrogen and oxygen atoms in total. The van der Waals surface area contributed by atoms with Crippen LogP contribution in [-0.4, -0.2) is 0 Å². The number of hydrogen-bond donors (Lipinski definition) is 0. The first kappa shape index (κ1) is 24.8. The fraction of sp³-hybridized carbons (Fsp3) is 0. The Hall–Kier alpha value is -4.97. The zero-order valence-corrected chi connectivity index (χ0v) is 23.8. The predicted octanol–water partition coefficient (Wildman–Crippen LogP) is 9.56. The lowest BCUT2D eigenvalue weighted by Crippen LogP contribution is -2.25. The van der Waals surface area contributed by atoms with Crippen LogP contribution in [0.3, 0.4) is 0 Å². The number of benzene rings is 8. The van der Waals surface area contributed by atoms with E-state index in [1.165, 1.54) is 43.4 Å². The summed E-state index contributed by atoms with van der Waals surface area (Å²) in [5, 5.41) is 10.0. The highest BCUT2D eigenvalue weighted by Gasteiger charge is 2.30. The molecule has 0 radical (unpaired) electrons. The smallest absolute Gasteiger partial charge is 0.171 e. The van der Waals surface area contributed by atoms with Gasteiger partial charge in [-0.2, -0.15) is 0 Å². The van der Waals surface area contributed by atoms with Crippen molar-refractivity contribution >= 4 is 55.4 Å². The fourth-order valence-corrected chi connectivity index (χ4v) is 9.21. The quantitative estimate of drug-likeness (QED) is 0.153. The van der Waals surface area contributed by atoms with Crippen LogP contribution in [0.15, 0.2) is 164 Å². The lowest BCUT2D eigenvalue weighted by atomic mass is 9.87. The van der Waals surface area contributed by atoms with Crippen LogP contribution in [0, 0.1) is 0 Å². The number of rotatable bonds is 5. The highest BCUT2D eigenvalue weighted by Crippen LogP contribution is 2.45. The van der Waals surface area contributed by atoms with E-state index in [0.29, 0.717) is 0 Å². The highest BCUT2D eigenvalue weighted by molar-refractivity contribution is 7.85. The van der Waals surface area contributed by atoms with Crippen LogP contribution >= 0.6 is 7.14 Å². The third-order valence-corrected chi connectivity index (χ3v) is 11.6. The molecule has 0 aromatic heterocycles. The molecule has 8 aromatic carbocycles. The third-order valence-electron chi connectivity index (χ3n) is 8.51. The van der Waals surface area contributed by atoms with Crippen molar-refractivity contribution in [2.45, 2.75) is 0 Å². The molecule has 0 aliphatic heterocycles. The van der Waals surface area contributed by atoms with Crippen LogP contribution in [0.5, 0.6) is 0 Å². The molecule has 0 amide bonds. The van der Waals surface area contributed by atoms with Gasteiger partial charge in [-0.15, -0.1) is 0 Å². The largest absolute Gasteiger partial charge is 0.309 e. The van der Waals surface area contributed by atoms with Crippen LogP contribution in [0.2, 0.25) is 0 Å². The van der Waals surface area contributed by atoms with E-state index in [0.717, 1.165) is 27.0 Å². The van der Waals surface area contributed by atoms with Gasteiger partial charge in [0.25, 0.3) is 0 Å². The van der Waals surface area contributed by atoms with Gasteiger partial charge >= 0.3 is 0 Å². The van der Waals surface area contributed by atoms with Crippen molar-refractivity contribution in [3.63, 3.8) is 0 Å². The zero-order chi connectivity index (χ0) is 28.1. The molecule has 0 aliphatic rings. The van der Waals surface area contributed by atoms with Crippen molar-refractivity contribution in [1.29, 1.82) is 0 Å². The van der Waals surface area contributed by atoms with Crippen molar-refractivity contribution < 1.29 is 4.57 Å². The molecular formula is C40H27OP. The SMILES string of the molecule is O=P(c1ccccc1)(c1ccccc1)c1cccc(-c2ccc3ccc4c(-c5ccccc5)ccc5ccc2c3c54)c1. The molecule has 0 N–H and O–H groups in total. The Kier molecular flexibility index (Phi) is 5.81. The molecular weight excluding hydrogens is 527 g/mol. The molecule has 0 bridgehead atoms. The first-order valence-electron chi connectivity index (χ1n) is 14.3. The van der Waals surface area contributed by atoms with Gasteiger partial charge in [0.05, 0.1) is 0 Å². The summed E-state index contributed by atoms with van der Waals surface area (Å²) in [6.45, 7) is 0. The molecule has 2 heteroatoms. The predicted molar refractivity (Wildman–Crippen MR) is 180 cm³/mol. The van der Waals surface area contributed by atoms with Crippen molar-refractivity contribution in [2.24, 2.45) is 0 Å². The van der Waals surface area contributed by atoms with Gasteiger partial charge in [0, 0.05) is 15.9 Å². The Morgan fingerprint density at radius 2 is 0.786 bits per heavy atom. The van der Waals surface area contributed by atoms with E-state index in [1.54, 1.807) is 0 Å². The van der Waals surface area contributed by atoms with Crippen LogP contribution in [0.25, 0.3) is 54.6 Å². The lowest BCUT2D eigenvalue weighted by Gasteiger charge is -2.21. The molecule has 0 heterocycles. The molecule has 42 heavy (non-hydrogen) atoms. The molecule has 8 rings (SSSR count). The standard InChI is InChI=1S/C40H27OP/c41-42(32-14-6-2-7-15-32,33-16-8-3-9-17-33)34-18-10-13-31(27-34)36-24-20-30-21-25-37-35(28-11-4-1-5-12-28)23-19-29-22-26-38(36)40(30)39(29)37/h1-27H. The summed E-state index contributed by atoms with van der Waals surface area (Å²) < 4.78 is 15.1. The summed E-state index contributed by atoms with van der Waals surface area (Å²) in [4.78, 5) is 0. The Morgan fingerprint density at radius 3 is 1.33 bits per heavy atom. The van der Waals surface area contributed by atoms with Gasteiger partial charge in [-0.3, -0.25) is 0 Å². The maximum Gasteiger partial charge on any atom is 0.171 e. The molecule has 0 atom stereocenters. The van der Waals surface area contributed by atoms with Gasteiger partial charge in [0.1, 0.15) is 0 Å². The second-order valence-electron chi connectivity index (χ2n) is 10.8. The minimum atomic E-state index is -3.08. The summed E-state index contributed by atoms with van der Waals surface area (Å²) in [5.74, 6) is 0. The average molecular weight is 555 g/mol.